The van der Waals surface area contributed by atoms with Gasteiger partial charge in [0, 0.05) is 24.6 Å². The number of aryl methyl sites for hydroxylation is 1. The van der Waals surface area contributed by atoms with E-state index >= 15 is 0 Å². The molecule has 3 aromatic rings. The van der Waals surface area contributed by atoms with Gasteiger partial charge in [-0.05, 0) is 24.9 Å². The number of carbonyl (C=O) groups excluding carboxylic acids is 1. The minimum absolute atomic E-state index is 0.101. The molecule has 1 fully saturated rings. The summed E-state index contributed by atoms with van der Waals surface area (Å²) >= 11 is 0. The maximum atomic E-state index is 13.2. The van der Waals surface area contributed by atoms with Crippen LogP contribution in [0.25, 0.3) is 11.3 Å². The molecule has 0 saturated carbocycles. The number of oxazole rings is 1. The van der Waals surface area contributed by atoms with Crippen molar-refractivity contribution in [3.8, 4) is 11.3 Å². The minimum atomic E-state index is -0.101. The Hall–Kier alpha value is -2.92. The van der Waals surface area contributed by atoms with E-state index in [1.165, 1.54) is 12.0 Å². The summed E-state index contributed by atoms with van der Waals surface area (Å²) < 4.78 is 5.55. The fourth-order valence-corrected chi connectivity index (χ4v) is 3.81. The van der Waals surface area contributed by atoms with Gasteiger partial charge in [-0.2, -0.15) is 0 Å². The topological polar surface area (TPSA) is 72.4 Å². The van der Waals surface area contributed by atoms with Crippen molar-refractivity contribution >= 4 is 5.91 Å². The molecular formula is C22H23N3O2. The molecular weight excluding hydrogens is 338 g/mol. The van der Waals surface area contributed by atoms with Crippen LogP contribution in [0.5, 0.6) is 0 Å². The van der Waals surface area contributed by atoms with Crippen LogP contribution in [0.2, 0.25) is 0 Å². The molecule has 0 bridgehead atoms. The Morgan fingerprint density at radius 1 is 1.15 bits per heavy atom. The summed E-state index contributed by atoms with van der Waals surface area (Å²) in [6.45, 7) is 3.85. The Kier molecular flexibility index (Phi) is 4.77. The lowest BCUT2D eigenvalue weighted by atomic mass is 9.89. The van der Waals surface area contributed by atoms with Crippen molar-refractivity contribution in [2.45, 2.75) is 12.8 Å². The van der Waals surface area contributed by atoms with E-state index < -0.39 is 0 Å². The van der Waals surface area contributed by atoms with Gasteiger partial charge in [0.15, 0.2) is 17.8 Å². The molecule has 4 rings (SSSR count). The average Bonchev–Trinajstić information content (AvgIpc) is 3.36. The largest absolute Gasteiger partial charge is 0.443 e. The number of nitrogens with zero attached hydrogens (tertiary/aromatic N) is 2. The van der Waals surface area contributed by atoms with Crippen molar-refractivity contribution in [1.29, 1.82) is 0 Å². The van der Waals surface area contributed by atoms with E-state index in [1.807, 2.05) is 54.3 Å². The molecule has 5 heteroatoms. The Morgan fingerprint density at radius 2 is 1.89 bits per heavy atom. The second-order valence-corrected chi connectivity index (χ2v) is 7.12. The van der Waals surface area contributed by atoms with Gasteiger partial charge in [-0.25, -0.2) is 4.98 Å². The molecule has 1 aliphatic heterocycles. The van der Waals surface area contributed by atoms with Crippen LogP contribution in [-0.4, -0.2) is 35.4 Å². The molecule has 138 valence electrons. The van der Waals surface area contributed by atoms with Crippen molar-refractivity contribution < 1.29 is 9.21 Å². The Labute approximate surface area is 158 Å². The van der Waals surface area contributed by atoms with Crippen molar-refractivity contribution in [1.82, 2.24) is 9.88 Å². The maximum Gasteiger partial charge on any atom is 0.276 e. The van der Waals surface area contributed by atoms with E-state index in [-0.39, 0.29) is 17.7 Å². The molecule has 27 heavy (non-hydrogen) atoms. The van der Waals surface area contributed by atoms with Crippen molar-refractivity contribution in [2.75, 3.05) is 19.6 Å². The van der Waals surface area contributed by atoms with Gasteiger partial charge in [0.2, 0.25) is 0 Å². The quantitative estimate of drug-likeness (QED) is 0.772. The SMILES string of the molecule is Cc1ccc(-c2ocnc2C(=O)N2C[C@@H](CN)[C@H](c3ccccc3)C2)cc1. The molecule has 0 radical (unpaired) electrons. The third kappa shape index (κ3) is 3.38. The Balaban J connectivity index is 1.59. The van der Waals surface area contributed by atoms with Crippen LogP contribution in [0.15, 0.2) is 65.4 Å². The van der Waals surface area contributed by atoms with Gasteiger partial charge in [0.25, 0.3) is 5.91 Å². The van der Waals surface area contributed by atoms with E-state index in [0.29, 0.717) is 31.1 Å². The number of benzene rings is 2. The average molecular weight is 361 g/mol. The molecule has 2 atom stereocenters. The molecule has 2 N–H and O–H groups in total. The first kappa shape index (κ1) is 17.5. The molecule has 1 aliphatic rings. The van der Waals surface area contributed by atoms with Crippen LogP contribution in [0.1, 0.15) is 27.5 Å². The Bertz CT molecular complexity index is 918. The fourth-order valence-electron chi connectivity index (χ4n) is 3.81. The van der Waals surface area contributed by atoms with Gasteiger partial charge in [-0.1, -0.05) is 60.2 Å². The van der Waals surface area contributed by atoms with Gasteiger partial charge in [-0.3, -0.25) is 4.79 Å². The van der Waals surface area contributed by atoms with Gasteiger partial charge >= 0.3 is 0 Å². The predicted molar refractivity (Wildman–Crippen MR) is 104 cm³/mol. The number of amides is 1. The van der Waals surface area contributed by atoms with E-state index in [0.717, 1.165) is 11.1 Å². The Morgan fingerprint density at radius 3 is 2.59 bits per heavy atom. The van der Waals surface area contributed by atoms with E-state index in [2.05, 4.69) is 17.1 Å². The number of carbonyl (C=O) groups is 1. The van der Waals surface area contributed by atoms with Crippen molar-refractivity contribution in [3.05, 3.63) is 77.8 Å². The first-order valence-corrected chi connectivity index (χ1v) is 9.22. The monoisotopic (exact) mass is 361 g/mol. The summed E-state index contributed by atoms with van der Waals surface area (Å²) in [5.41, 5.74) is 9.61. The van der Waals surface area contributed by atoms with Crippen LogP contribution in [-0.2, 0) is 0 Å². The highest BCUT2D eigenvalue weighted by Gasteiger charge is 2.37. The number of rotatable bonds is 4. The third-order valence-electron chi connectivity index (χ3n) is 5.34. The first-order chi connectivity index (χ1) is 13.2. The zero-order valence-corrected chi connectivity index (χ0v) is 15.3. The predicted octanol–water partition coefficient (Wildman–Crippen LogP) is 3.46. The van der Waals surface area contributed by atoms with Crippen LogP contribution in [0, 0.1) is 12.8 Å². The lowest BCUT2D eigenvalue weighted by Crippen LogP contribution is -2.30. The summed E-state index contributed by atoms with van der Waals surface area (Å²) in [5, 5.41) is 0. The molecule has 1 amide bonds. The smallest absolute Gasteiger partial charge is 0.276 e. The second kappa shape index (κ2) is 7.37. The van der Waals surface area contributed by atoms with E-state index in [9.17, 15) is 4.79 Å². The lowest BCUT2D eigenvalue weighted by molar-refractivity contribution is 0.0781. The fraction of sp³-hybridized carbons (Fsp3) is 0.273. The normalized spacial score (nSPS) is 19.4. The lowest BCUT2D eigenvalue weighted by Gasteiger charge is -2.16. The molecule has 0 unspecified atom stereocenters. The number of hydrogen-bond donors (Lipinski definition) is 1. The maximum absolute atomic E-state index is 13.2. The third-order valence-corrected chi connectivity index (χ3v) is 5.34. The van der Waals surface area contributed by atoms with Gasteiger partial charge in [0.05, 0.1) is 0 Å². The number of likely N-dealkylation sites (tertiary alicyclic amines) is 1. The molecule has 2 heterocycles. The summed E-state index contributed by atoms with van der Waals surface area (Å²) in [6.07, 6.45) is 1.34. The molecule has 5 nitrogen and oxygen atoms in total. The van der Waals surface area contributed by atoms with Crippen LogP contribution in [0.3, 0.4) is 0 Å². The van der Waals surface area contributed by atoms with Crippen molar-refractivity contribution in [3.63, 3.8) is 0 Å². The number of hydrogen-bond acceptors (Lipinski definition) is 4. The first-order valence-electron chi connectivity index (χ1n) is 9.22. The standard InChI is InChI=1S/C22H23N3O2/c1-15-7-9-17(10-8-15)21-20(24-14-27-21)22(26)25-12-18(11-23)19(13-25)16-5-3-2-4-6-16/h2-10,14,18-19H,11-13,23H2,1H3/t18-,19+/m1/s1. The number of aromatic nitrogens is 1. The minimum Gasteiger partial charge on any atom is -0.443 e. The van der Waals surface area contributed by atoms with E-state index in [1.54, 1.807) is 0 Å². The van der Waals surface area contributed by atoms with Gasteiger partial charge in [0.1, 0.15) is 0 Å². The van der Waals surface area contributed by atoms with Crippen LogP contribution >= 0.6 is 0 Å². The molecule has 1 saturated heterocycles. The summed E-state index contributed by atoms with van der Waals surface area (Å²) in [5.74, 6) is 0.907. The van der Waals surface area contributed by atoms with E-state index in [4.69, 9.17) is 10.2 Å². The summed E-state index contributed by atoms with van der Waals surface area (Å²) in [7, 11) is 0. The van der Waals surface area contributed by atoms with Gasteiger partial charge in [-0.15, -0.1) is 0 Å². The molecule has 0 spiro atoms. The van der Waals surface area contributed by atoms with Crippen molar-refractivity contribution in [2.24, 2.45) is 11.7 Å². The summed E-state index contributed by atoms with van der Waals surface area (Å²) in [6, 6.07) is 18.2. The molecule has 2 aromatic carbocycles. The second-order valence-electron chi connectivity index (χ2n) is 7.12. The highest BCUT2D eigenvalue weighted by Crippen LogP contribution is 2.34. The summed E-state index contributed by atoms with van der Waals surface area (Å²) in [4.78, 5) is 19.2. The zero-order chi connectivity index (χ0) is 18.8. The highest BCUT2D eigenvalue weighted by atomic mass is 16.3. The highest BCUT2D eigenvalue weighted by molar-refractivity contribution is 5.97. The zero-order valence-electron chi connectivity index (χ0n) is 15.3. The molecule has 1 aromatic heterocycles. The van der Waals surface area contributed by atoms with Gasteiger partial charge < -0.3 is 15.1 Å². The molecule has 0 aliphatic carbocycles. The van der Waals surface area contributed by atoms with Crippen LogP contribution < -0.4 is 5.73 Å². The van der Waals surface area contributed by atoms with Crippen LogP contribution in [0.4, 0.5) is 0 Å². The number of nitrogens with two attached hydrogens (primary N) is 1.